The molecule has 0 spiro atoms. The van der Waals surface area contributed by atoms with Gasteiger partial charge < -0.3 is 14.3 Å². The Morgan fingerprint density at radius 3 is 2.85 bits per heavy atom. The maximum Gasteiger partial charge on any atom is 0.419 e. The Morgan fingerprint density at radius 1 is 1.22 bits per heavy atom. The van der Waals surface area contributed by atoms with Crippen LogP contribution in [0, 0.1) is 0 Å². The van der Waals surface area contributed by atoms with E-state index in [4.69, 9.17) is 9.40 Å². The van der Waals surface area contributed by atoms with Gasteiger partial charge in [0, 0.05) is 24.7 Å². The highest BCUT2D eigenvalue weighted by Crippen LogP contribution is 2.40. The van der Waals surface area contributed by atoms with Crippen LogP contribution >= 0.6 is 0 Å². The first-order valence-corrected chi connectivity index (χ1v) is 8.95. The second kappa shape index (κ2) is 5.84. The predicted octanol–water partition coefficient (Wildman–Crippen LogP) is 3.00. The van der Waals surface area contributed by atoms with Gasteiger partial charge in [-0.25, -0.2) is 9.78 Å². The van der Waals surface area contributed by atoms with Gasteiger partial charge in [-0.3, -0.25) is 9.36 Å². The fourth-order valence-electron chi connectivity index (χ4n) is 3.47. The lowest BCUT2D eigenvalue weighted by atomic mass is 10.2. The fourth-order valence-corrected chi connectivity index (χ4v) is 3.47. The number of fused-ring (bicyclic) bond motifs is 2. The van der Waals surface area contributed by atoms with E-state index in [2.05, 4.69) is 5.32 Å². The molecule has 1 aliphatic carbocycles. The number of nitrogens with zero attached hydrogens (tertiary/aromatic N) is 3. The molecule has 2 heterocycles. The zero-order valence-electron chi connectivity index (χ0n) is 14.8. The van der Waals surface area contributed by atoms with Crippen molar-refractivity contribution in [3.05, 3.63) is 58.8 Å². The lowest BCUT2D eigenvalue weighted by Crippen LogP contribution is -2.20. The second-order valence-corrected chi connectivity index (χ2v) is 6.98. The summed E-state index contributed by atoms with van der Waals surface area (Å²) in [4.78, 5) is 29.0. The molecular formula is C20H18N4O3. The molecule has 4 aromatic rings. The average Bonchev–Trinajstić information content (AvgIpc) is 3.38. The molecule has 7 heteroatoms. The van der Waals surface area contributed by atoms with Gasteiger partial charge in [0.05, 0.1) is 16.6 Å². The van der Waals surface area contributed by atoms with Crippen molar-refractivity contribution in [2.75, 3.05) is 5.32 Å². The molecule has 5 rings (SSSR count). The van der Waals surface area contributed by atoms with Crippen LogP contribution in [0.3, 0.4) is 0 Å². The van der Waals surface area contributed by atoms with Crippen molar-refractivity contribution in [3.63, 3.8) is 0 Å². The first-order chi connectivity index (χ1) is 13.1. The number of carbonyl (C=O) groups is 1. The van der Waals surface area contributed by atoms with Gasteiger partial charge >= 0.3 is 5.76 Å². The van der Waals surface area contributed by atoms with Gasteiger partial charge in [-0.1, -0.05) is 12.1 Å². The monoisotopic (exact) mass is 362 g/mol. The number of aromatic nitrogens is 3. The van der Waals surface area contributed by atoms with E-state index in [0.717, 1.165) is 29.7 Å². The lowest BCUT2D eigenvalue weighted by Gasteiger charge is -2.10. The number of oxazole rings is 1. The van der Waals surface area contributed by atoms with E-state index in [9.17, 15) is 9.59 Å². The molecule has 0 unspecified atom stereocenters. The number of rotatable bonds is 4. The zero-order valence-corrected chi connectivity index (χ0v) is 14.8. The average molecular weight is 362 g/mol. The van der Waals surface area contributed by atoms with Crippen molar-refractivity contribution >= 4 is 33.7 Å². The van der Waals surface area contributed by atoms with E-state index >= 15 is 0 Å². The van der Waals surface area contributed by atoms with Crippen LogP contribution in [0.15, 0.2) is 51.7 Å². The Balaban J connectivity index is 1.43. The number of amides is 1. The highest BCUT2D eigenvalue weighted by molar-refractivity contribution is 5.93. The van der Waals surface area contributed by atoms with E-state index in [1.807, 2.05) is 28.8 Å². The molecule has 0 saturated heterocycles. The minimum atomic E-state index is -0.424. The van der Waals surface area contributed by atoms with Crippen LogP contribution in [0.1, 0.15) is 24.6 Å². The second-order valence-electron chi connectivity index (χ2n) is 6.98. The van der Waals surface area contributed by atoms with Crippen molar-refractivity contribution in [1.82, 2.24) is 14.1 Å². The molecule has 2 aromatic heterocycles. The van der Waals surface area contributed by atoms with Crippen LogP contribution in [-0.2, 0) is 18.4 Å². The maximum absolute atomic E-state index is 12.7. The van der Waals surface area contributed by atoms with Crippen molar-refractivity contribution < 1.29 is 9.21 Å². The Kier molecular flexibility index (Phi) is 3.43. The summed E-state index contributed by atoms with van der Waals surface area (Å²) in [6.07, 6.45) is 2.24. The van der Waals surface area contributed by atoms with E-state index in [-0.39, 0.29) is 12.5 Å². The van der Waals surface area contributed by atoms with Gasteiger partial charge in [-0.2, -0.15) is 0 Å². The van der Waals surface area contributed by atoms with E-state index in [1.54, 1.807) is 25.2 Å². The van der Waals surface area contributed by atoms with E-state index < -0.39 is 5.76 Å². The van der Waals surface area contributed by atoms with Gasteiger partial charge in [0.15, 0.2) is 5.58 Å². The molecular weight excluding hydrogens is 344 g/mol. The number of hydrogen-bond donors (Lipinski definition) is 1. The summed E-state index contributed by atoms with van der Waals surface area (Å²) in [5.41, 5.74) is 3.62. The van der Waals surface area contributed by atoms with Crippen LogP contribution in [0.25, 0.3) is 22.1 Å². The lowest BCUT2D eigenvalue weighted by molar-refractivity contribution is -0.116. The number of aryl methyl sites for hydroxylation is 1. The summed E-state index contributed by atoms with van der Waals surface area (Å²) >= 11 is 0. The normalized spacial score (nSPS) is 14.1. The largest absolute Gasteiger partial charge is 0.419 e. The summed E-state index contributed by atoms with van der Waals surface area (Å²) in [5, 5.41) is 2.89. The van der Waals surface area contributed by atoms with Gasteiger partial charge in [0.2, 0.25) is 5.91 Å². The summed E-state index contributed by atoms with van der Waals surface area (Å²) in [6.45, 7) is 0.198. The maximum atomic E-state index is 12.7. The third-order valence-corrected chi connectivity index (χ3v) is 5.00. The molecule has 0 aliphatic heterocycles. The Labute approximate surface area is 154 Å². The van der Waals surface area contributed by atoms with Crippen LogP contribution in [0.4, 0.5) is 5.69 Å². The van der Waals surface area contributed by atoms with E-state index in [1.165, 1.54) is 4.57 Å². The molecule has 1 saturated carbocycles. The van der Waals surface area contributed by atoms with Crippen molar-refractivity contribution in [3.8, 4) is 0 Å². The molecule has 0 bridgehead atoms. The van der Waals surface area contributed by atoms with Gasteiger partial charge in [0.25, 0.3) is 0 Å². The number of carbonyl (C=O) groups excluding carboxylic acids is 1. The molecule has 1 N–H and O–H groups in total. The molecule has 1 amide bonds. The number of benzene rings is 2. The highest BCUT2D eigenvalue weighted by Gasteiger charge is 2.30. The molecule has 7 nitrogen and oxygen atoms in total. The summed E-state index contributed by atoms with van der Waals surface area (Å²) in [7, 11) is 1.65. The summed E-state index contributed by atoms with van der Waals surface area (Å²) in [6, 6.07) is 13.1. The quantitative estimate of drug-likeness (QED) is 0.605. The van der Waals surface area contributed by atoms with Gasteiger partial charge in [0.1, 0.15) is 12.4 Å². The Hall–Kier alpha value is -3.35. The third-order valence-electron chi connectivity index (χ3n) is 5.00. The molecule has 0 radical (unpaired) electrons. The van der Waals surface area contributed by atoms with E-state index in [0.29, 0.717) is 22.7 Å². The van der Waals surface area contributed by atoms with Crippen molar-refractivity contribution in [2.24, 2.45) is 7.05 Å². The van der Waals surface area contributed by atoms with Crippen LogP contribution in [-0.4, -0.2) is 20.0 Å². The predicted molar refractivity (Wildman–Crippen MR) is 102 cm³/mol. The minimum absolute atomic E-state index is 0.141. The topological polar surface area (TPSA) is 82.1 Å². The van der Waals surface area contributed by atoms with Gasteiger partial charge in [-0.05, 0) is 37.1 Å². The summed E-state index contributed by atoms with van der Waals surface area (Å²) in [5.74, 6) is 0.862. The molecule has 0 atom stereocenters. The van der Waals surface area contributed by atoms with Crippen LogP contribution in [0.5, 0.6) is 0 Å². The van der Waals surface area contributed by atoms with Crippen LogP contribution < -0.4 is 11.1 Å². The van der Waals surface area contributed by atoms with Gasteiger partial charge in [-0.15, -0.1) is 0 Å². The SMILES string of the molecule is Cn1c(=O)oc2cc(NC(=O)Cn3c(C4CC4)nc4ccccc43)ccc21. The highest BCUT2D eigenvalue weighted by atomic mass is 16.4. The summed E-state index contributed by atoms with van der Waals surface area (Å²) < 4.78 is 8.62. The smallest absolute Gasteiger partial charge is 0.408 e. The molecule has 1 fully saturated rings. The first kappa shape index (κ1) is 15.9. The van der Waals surface area contributed by atoms with Crippen LogP contribution in [0.2, 0.25) is 0 Å². The minimum Gasteiger partial charge on any atom is -0.408 e. The Morgan fingerprint density at radius 2 is 2.04 bits per heavy atom. The fraction of sp³-hybridized carbons (Fsp3) is 0.250. The molecule has 27 heavy (non-hydrogen) atoms. The Bertz CT molecular complexity index is 1240. The first-order valence-electron chi connectivity index (χ1n) is 8.95. The number of nitrogens with one attached hydrogen (secondary N) is 1. The number of imidazole rings is 1. The number of hydrogen-bond acceptors (Lipinski definition) is 4. The standard InChI is InChI=1S/C20H18N4O3/c1-23-16-9-8-13(10-17(16)27-20(23)26)21-18(25)11-24-15-5-3-2-4-14(15)22-19(24)12-6-7-12/h2-5,8-10,12H,6-7,11H2,1H3,(H,21,25). The number of para-hydroxylation sites is 2. The molecule has 1 aliphatic rings. The molecule has 136 valence electrons. The molecule has 2 aromatic carbocycles. The number of anilines is 1. The third kappa shape index (κ3) is 2.71. The van der Waals surface area contributed by atoms with Crippen molar-refractivity contribution in [1.29, 1.82) is 0 Å². The zero-order chi connectivity index (χ0) is 18.5. The van der Waals surface area contributed by atoms with Crippen molar-refractivity contribution in [2.45, 2.75) is 25.3 Å².